The molecule has 0 spiro atoms. The molecule has 0 rings (SSSR count). The molecule has 5 nitrogen and oxygen atoms in total. The van der Waals surface area contributed by atoms with E-state index in [0.717, 1.165) is 36.3 Å². The molecule has 0 aliphatic carbocycles. The van der Waals surface area contributed by atoms with Crippen molar-refractivity contribution in [2.75, 3.05) is 0 Å². The maximum atomic E-state index is 10.8. The van der Waals surface area contributed by atoms with E-state index in [-0.39, 0.29) is 12.8 Å². The zero-order chi connectivity index (χ0) is 17.9. The van der Waals surface area contributed by atoms with Crippen molar-refractivity contribution in [1.82, 2.24) is 0 Å². The summed E-state index contributed by atoms with van der Waals surface area (Å²) in [6, 6.07) is 5.85. The largest absolute Gasteiger partial charge is 0.481 e. The summed E-state index contributed by atoms with van der Waals surface area (Å²) in [5.41, 5.74) is 0. The Morgan fingerprint density at radius 1 is 0.739 bits per heavy atom. The highest BCUT2D eigenvalue weighted by molar-refractivity contribution is 6.87. The Kier molecular flexibility index (Phi) is 10.7. The highest BCUT2D eigenvalue weighted by atomic mass is 28.4. The van der Waals surface area contributed by atoms with Crippen molar-refractivity contribution in [3.05, 3.63) is 0 Å². The lowest BCUT2D eigenvalue weighted by atomic mass is 10.3. The molecular weight excluding hydrogens is 328 g/mol. The van der Waals surface area contributed by atoms with Gasteiger partial charge < -0.3 is 14.3 Å². The molecule has 0 atom stereocenters. The molecule has 0 aliphatic heterocycles. The quantitative estimate of drug-likeness (QED) is 0.437. The fraction of sp³-hybridized carbons (Fsp3) is 0.875. The van der Waals surface area contributed by atoms with Gasteiger partial charge in [0.25, 0.3) is 0 Å². The van der Waals surface area contributed by atoms with E-state index in [9.17, 15) is 9.59 Å². The van der Waals surface area contributed by atoms with Gasteiger partial charge in [-0.25, -0.2) is 0 Å². The minimum atomic E-state index is -1.91. The van der Waals surface area contributed by atoms with Crippen molar-refractivity contribution in [2.24, 2.45) is 0 Å². The van der Waals surface area contributed by atoms with Gasteiger partial charge in [0.05, 0.1) is 0 Å². The van der Waals surface area contributed by atoms with E-state index in [0.29, 0.717) is 12.8 Å². The second-order valence-electron chi connectivity index (χ2n) is 6.38. The van der Waals surface area contributed by atoms with E-state index in [2.05, 4.69) is 27.7 Å². The standard InChI is InChI=1S/C16H34O5Si2/c1-5-22(6-2,13-9-11-15(17)18)21-23(7-3,8-4)14-10-12-16(19)20/h5-14H2,1-4H3,(H,17,18)(H,19,20). The van der Waals surface area contributed by atoms with E-state index in [1.807, 2.05) is 0 Å². The number of hydrogen-bond acceptors (Lipinski definition) is 3. The van der Waals surface area contributed by atoms with Crippen molar-refractivity contribution in [3.63, 3.8) is 0 Å². The monoisotopic (exact) mass is 362 g/mol. The van der Waals surface area contributed by atoms with Crippen molar-refractivity contribution in [3.8, 4) is 0 Å². The fourth-order valence-electron chi connectivity index (χ4n) is 3.18. The first-order valence-electron chi connectivity index (χ1n) is 8.92. The average Bonchev–Trinajstić information content (AvgIpc) is 2.52. The third-order valence-corrected chi connectivity index (χ3v) is 16.2. The van der Waals surface area contributed by atoms with Crippen molar-refractivity contribution in [1.29, 1.82) is 0 Å². The van der Waals surface area contributed by atoms with E-state index < -0.39 is 28.6 Å². The third-order valence-electron chi connectivity index (χ3n) is 5.06. The summed E-state index contributed by atoms with van der Waals surface area (Å²) in [5, 5.41) is 17.8. The highest BCUT2D eigenvalue weighted by Crippen LogP contribution is 2.34. The van der Waals surface area contributed by atoms with E-state index in [1.54, 1.807) is 0 Å². The summed E-state index contributed by atoms with van der Waals surface area (Å²) >= 11 is 0. The molecule has 0 bridgehead atoms. The first-order chi connectivity index (χ1) is 10.8. The number of carbonyl (C=O) groups is 2. The summed E-state index contributed by atoms with van der Waals surface area (Å²) in [5.74, 6) is -1.48. The summed E-state index contributed by atoms with van der Waals surface area (Å²) in [6.07, 6.45) is 1.81. The zero-order valence-corrected chi connectivity index (χ0v) is 17.2. The summed E-state index contributed by atoms with van der Waals surface area (Å²) in [6.45, 7) is 8.66. The SMILES string of the molecule is CC[Si](CC)(CCCC(=O)O)O[Si](CC)(CC)CCCC(=O)O. The molecule has 136 valence electrons. The molecule has 0 fully saturated rings. The molecule has 0 saturated heterocycles. The number of carboxylic acid groups (broad SMARTS) is 2. The molecule has 0 aliphatic rings. The van der Waals surface area contributed by atoms with Crippen molar-refractivity contribution < 1.29 is 23.9 Å². The molecule has 0 heterocycles. The van der Waals surface area contributed by atoms with Crippen LogP contribution in [0, 0.1) is 0 Å². The highest BCUT2D eigenvalue weighted by Gasteiger charge is 2.41. The van der Waals surface area contributed by atoms with Crippen LogP contribution in [-0.2, 0) is 13.7 Å². The average molecular weight is 363 g/mol. The van der Waals surface area contributed by atoms with Gasteiger partial charge in [0.1, 0.15) is 0 Å². The van der Waals surface area contributed by atoms with Crippen molar-refractivity contribution in [2.45, 2.75) is 89.6 Å². The molecule has 0 aromatic carbocycles. The third kappa shape index (κ3) is 8.12. The smallest absolute Gasteiger partial charge is 0.303 e. The van der Waals surface area contributed by atoms with Crippen LogP contribution in [0.5, 0.6) is 0 Å². The summed E-state index contributed by atoms with van der Waals surface area (Å²) < 4.78 is 6.88. The predicted molar refractivity (Wildman–Crippen MR) is 97.9 cm³/mol. The Balaban J connectivity index is 4.97. The van der Waals surface area contributed by atoms with Crippen LogP contribution in [-0.4, -0.2) is 38.8 Å². The minimum absolute atomic E-state index is 0.212. The number of aliphatic carboxylic acids is 2. The topological polar surface area (TPSA) is 83.8 Å². The lowest BCUT2D eigenvalue weighted by Crippen LogP contribution is -2.50. The predicted octanol–water partition coefficient (Wildman–Crippen LogP) is 4.70. The van der Waals surface area contributed by atoms with Gasteiger partial charge in [0.2, 0.25) is 0 Å². The minimum Gasteiger partial charge on any atom is -0.481 e. The number of rotatable bonds is 14. The van der Waals surface area contributed by atoms with E-state index >= 15 is 0 Å². The molecule has 7 heteroatoms. The van der Waals surface area contributed by atoms with E-state index in [4.69, 9.17) is 14.3 Å². The summed E-state index contributed by atoms with van der Waals surface area (Å²) in [4.78, 5) is 21.6. The van der Waals surface area contributed by atoms with Crippen LogP contribution in [0.3, 0.4) is 0 Å². The van der Waals surface area contributed by atoms with Crippen LogP contribution in [0.25, 0.3) is 0 Å². The Morgan fingerprint density at radius 2 is 1.04 bits per heavy atom. The Hall–Kier alpha value is -0.666. The van der Waals surface area contributed by atoms with Crippen LogP contribution in [0.1, 0.15) is 53.4 Å². The van der Waals surface area contributed by atoms with Gasteiger partial charge >= 0.3 is 11.9 Å². The first-order valence-corrected chi connectivity index (χ1v) is 14.0. The lowest BCUT2D eigenvalue weighted by molar-refractivity contribution is -0.138. The molecule has 23 heavy (non-hydrogen) atoms. The maximum absolute atomic E-state index is 10.8. The van der Waals surface area contributed by atoms with Gasteiger partial charge in [0.15, 0.2) is 16.6 Å². The molecule has 0 radical (unpaired) electrons. The second-order valence-corrected chi connectivity index (χ2v) is 15.8. The van der Waals surface area contributed by atoms with Gasteiger partial charge in [-0.1, -0.05) is 27.7 Å². The van der Waals surface area contributed by atoms with Gasteiger partial charge in [-0.15, -0.1) is 0 Å². The molecule has 0 unspecified atom stereocenters. The molecule has 0 aromatic rings. The van der Waals surface area contributed by atoms with Gasteiger partial charge in [0, 0.05) is 12.8 Å². The Labute approximate surface area is 142 Å². The first kappa shape index (κ1) is 22.3. The van der Waals surface area contributed by atoms with Crippen LogP contribution < -0.4 is 0 Å². The number of hydrogen-bond donors (Lipinski definition) is 2. The molecule has 0 amide bonds. The Bertz CT molecular complexity index is 331. The van der Waals surface area contributed by atoms with Crippen LogP contribution in [0.4, 0.5) is 0 Å². The molecule has 0 saturated carbocycles. The van der Waals surface area contributed by atoms with Crippen LogP contribution in [0.15, 0.2) is 0 Å². The summed E-state index contributed by atoms with van der Waals surface area (Å²) in [7, 11) is -3.83. The van der Waals surface area contributed by atoms with Crippen LogP contribution >= 0.6 is 0 Å². The van der Waals surface area contributed by atoms with Gasteiger partial charge in [-0.2, -0.15) is 0 Å². The number of carboxylic acids is 2. The van der Waals surface area contributed by atoms with Gasteiger partial charge in [-0.3, -0.25) is 9.59 Å². The fourth-order valence-corrected chi connectivity index (χ4v) is 14.0. The molecular formula is C16H34O5Si2. The second kappa shape index (κ2) is 11.0. The molecule has 2 N–H and O–H groups in total. The molecule has 0 aromatic heterocycles. The lowest BCUT2D eigenvalue weighted by Gasteiger charge is -2.41. The Morgan fingerprint density at radius 3 is 1.26 bits per heavy atom. The van der Waals surface area contributed by atoms with Crippen LogP contribution in [0.2, 0.25) is 36.3 Å². The van der Waals surface area contributed by atoms with Crippen molar-refractivity contribution >= 4 is 28.6 Å². The normalized spacial score (nSPS) is 12.3. The maximum Gasteiger partial charge on any atom is 0.303 e. The van der Waals surface area contributed by atoms with E-state index in [1.165, 1.54) is 0 Å². The van der Waals surface area contributed by atoms with Gasteiger partial charge in [-0.05, 0) is 49.1 Å². The zero-order valence-electron chi connectivity index (χ0n) is 15.2.